The van der Waals surface area contributed by atoms with Crippen LogP contribution in [0.1, 0.15) is 61.3 Å². The van der Waals surface area contributed by atoms with E-state index in [1.54, 1.807) is 7.11 Å². The summed E-state index contributed by atoms with van der Waals surface area (Å²) in [5, 5.41) is 3.50. The van der Waals surface area contributed by atoms with Crippen molar-refractivity contribution in [1.29, 1.82) is 0 Å². The number of hydrogen-bond acceptors (Lipinski definition) is 2. The van der Waals surface area contributed by atoms with E-state index in [0.29, 0.717) is 6.04 Å². The van der Waals surface area contributed by atoms with Gasteiger partial charge >= 0.3 is 0 Å². The predicted octanol–water partition coefficient (Wildman–Crippen LogP) is 4.54. The number of hydrogen-bond donors (Lipinski definition) is 1. The molecule has 0 aliphatic heterocycles. The zero-order chi connectivity index (χ0) is 14.5. The lowest BCUT2D eigenvalue weighted by atomic mass is 9.91. The van der Waals surface area contributed by atoms with E-state index in [9.17, 15) is 0 Å². The minimum atomic E-state index is 0.408. The standard InChI is InChI=1S/C18H29NO/c1-13-11-14(2)18(17(12-13)20-4)16(19-3)10-9-15-7-5-6-8-15/h11-12,15-16,19H,5-10H2,1-4H3. The van der Waals surface area contributed by atoms with Crippen LogP contribution < -0.4 is 10.1 Å². The first-order valence-corrected chi connectivity index (χ1v) is 7.98. The van der Waals surface area contributed by atoms with Crippen molar-refractivity contribution in [1.82, 2.24) is 5.32 Å². The van der Waals surface area contributed by atoms with E-state index in [0.717, 1.165) is 11.7 Å². The zero-order valence-electron chi connectivity index (χ0n) is 13.5. The van der Waals surface area contributed by atoms with E-state index in [2.05, 4.69) is 38.3 Å². The first-order valence-electron chi connectivity index (χ1n) is 7.98. The minimum Gasteiger partial charge on any atom is -0.496 e. The van der Waals surface area contributed by atoms with Crippen molar-refractivity contribution in [3.63, 3.8) is 0 Å². The first-order chi connectivity index (χ1) is 9.65. The molecule has 1 aromatic rings. The summed E-state index contributed by atoms with van der Waals surface area (Å²) in [5.41, 5.74) is 3.96. The fourth-order valence-electron chi connectivity index (χ4n) is 3.69. The molecule has 1 saturated carbocycles. The maximum Gasteiger partial charge on any atom is 0.124 e. The quantitative estimate of drug-likeness (QED) is 0.822. The van der Waals surface area contributed by atoms with Crippen LogP contribution in [0.15, 0.2) is 12.1 Å². The molecule has 0 aromatic heterocycles. The highest BCUT2D eigenvalue weighted by molar-refractivity contribution is 5.45. The van der Waals surface area contributed by atoms with Crippen molar-refractivity contribution >= 4 is 0 Å². The second-order valence-corrected chi connectivity index (χ2v) is 6.27. The van der Waals surface area contributed by atoms with Crippen molar-refractivity contribution < 1.29 is 4.74 Å². The van der Waals surface area contributed by atoms with Gasteiger partial charge in [0.2, 0.25) is 0 Å². The van der Waals surface area contributed by atoms with Crippen molar-refractivity contribution in [2.75, 3.05) is 14.2 Å². The molecule has 1 aromatic carbocycles. The topological polar surface area (TPSA) is 21.3 Å². The Bertz CT molecular complexity index is 435. The third-order valence-corrected chi connectivity index (χ3v) is 4.75. The Kier molecular flexibility index (Phi) is 5.47. The number of aryl methyl sites for hydroxylation is 2. The summed E-state index contributed by atoms with van der Waals surface area (Å²) in [6, 6.07) is 4.83. The third kappa shape index (κ3) is 3.54. The summed E-state index contributed by atoms with van der Waals surface area (Å²) in [5.74, 6) is 1.98. The number of methoxy groups -OCH3 is 1. The van der Waals surface area contributed by atoms with Gasteiger partial charge in [0.15, 0.2) is 0 Å². The van der Waals surface area contributed by atoms with Crippen molar-refractivity contribution in [3.05, 3.63) is 28.8 Å². The van der Waals surface area contributed by atoms with Gasteiger partial charge in [-0.2, -0.15) is 0 Å². The average Bonchev–Trinajstić information content (AvgIpc) is 2.93. The smallest absolute Gasteiger partial charge is 0.124 e. The molecule has 2 nitrogen and oxygen atoms in total. The largest absolute Gasteiger partial charge is 0.496 e. The Hall–Kier alpha value is -1.02. The molecule has 0 radical (unpaired) electrons. The lowest BCUT2D eigenvalue weighted by Gasteiger charge is -2.23. The van der Waals surface area contributed by atoms with Crippen LogP contribution in [-0.2, 0) is 0 Å². The predicted molar refractivity (Wildman–Crippen MR) is 85.5 cm³/mol. The minimum absolute atomic E-state index is 0.408. The van der Waals surface area contributed by atoms with Crippen LogP contribution in [0.2, 0.25) is 0 Å². The molecule has 20 heavy (non-hydrogen) atoms. The summed E-state index contributed by atoms with van der Waals surface area (Å²) < 4.78 is 5.62. The molecule has 112 valence electrons. The van der Waals surface area contributed by atoms with Gasteiger partial charge in [0.1, 0.15) is 5.75 Å². The summed E-state index contributed by atoms with van der Waals surface area (Å²) in [7, 11) is 3.85. The third-order valence-electron chi connectivity index (χ3n) is 4.75. The highest BCUT2D eigenvalue weighted by atomic mass is 16.5. The van der Waals surface area contributed by atoms with Gasteiger partial charge in [0.05, 0.1) is 7.11 Å². The summed E-state index contributed by atoms with van der Waals surface area (Å²) in [6.07, 6.45) is 8.27. The Labute approximate surface area is 123 Å². The van der Waals surface area contributed by atoms with E-state index < -0.39 is 0 Å². The molecule has 0 amide bonds. The number of rotatable bonds is 6. The summed E-state index contributed by atoms with van der Waals surface area (Å²) >= 11 is 0. The van der Waals surface area contributed by atoms with Crippen molar-refractivity contribution in [2.24, 2.45) is 5.92 Å². The van der Waals surface area contributed by atoms with E-state index in [1.165, 1.54) is 55.2 Å². The van der Waals surface area contributed by atoms with Crippen LogP contribution in [-0.4, -0.2) is 14.2 Å². The molecular weight excluding hydrogens is 246 g/mol. The highest BCUT2D eigenvalue weighted by Gasteiger charge is 2.21. The molecule has 1 aliphatic rings. The number of nitrogens with one attached hydrogen (secondary N) is 1. The second-order valence-electron chi connectivity index (χ2n) is 6.27. The van der Waals surface area contributed by atoms with Crippen LogP contribution in [0, 0.1) is 19.8 Å². The molecule has 0 heterocycles. The first kappa shape index (κ1) is 15.4. The van der Waals surface area contributed by atoms with E-state index in [1.807, 2.05) is 0 Å². The van der Waals surface area contributed by atoms with Gasteiger partial charge in [-0.25, -0.2) is 0 Å². The maximum absolute atomic E-state index is 5.62. The molecule has 1 unspecified atom stereocenters. The maximum atomic E-state index is 5.62. The lowest BCUT2D eigenvalue weighted by Crippen LogP contribution is -2.19. The molecular formula is C18H29NO. The molecule has 0 saturated heterocycles. The van der Waals surface area contributed by atoms with Gasteiger partial charge in [0, 0.05) is 11.6 Å². The molecule has 0 bridgehead atoms. The van der Waals surface area contributed by atoms with Gasteiger partial charge in [0.25, 0.3) is 0 Å². The van der Waals surface area contributed by atoms with Crippen LogP contribution in [0.3, 0.4) is 0 Å². The Morgan fingerprint density at radius 3 is 2.55 bits per heavy atom. The van der Waals surface area contributed by atoms with Crippen LogP contribution in [0.5, 0.6) is 5.75 Å². The molecule has 1 fully saturated rings. The summed E-state index contributed by atoms with van der Waals surface area (Å²) in [4.78, 5) is 0. The Balaban J connectivity index is 2.13. The molecule has 1 aliphatic carbocycles. The highest BCUT2D eigenvalue weighted by Crippen LogP contribution is 2.35. The van der Waals surface area contributed by atoms with E-state index in [-0.39, 0.29) is 0 Å². The van der Waals surface area contributed by atoms with Crippen LogP contribution >= 0.6 is 0 Å². The number of benzene rings is 1. The van der Waals surface area contributed by atoms with Crippen molar-refractivity contribution in [2.45, 2.75) is 58.4 Å². The zero-order valence-corrected chi connectivity index (χ0v) is 13.5. The second kappa shape index (κ2) is 7.12. The fraction of sp³-hybridized carbons (Fsp3) is 0.667. The SMILES string of the molecule is CNC(CCC1CCCC1)c1c(C)cc(C)cc1OC. The van der Waals surface area contributed by atoms with Crippen LogP contribution in [0.4, 0.5) is 0 Å². The van der Waals surface area contributed by atoms with E-state index >= 15 is 0 Å². The molecule has 2 heteroatoms. The Morgan fingerprint density at radius 2 is 1.95 bits per heavy atom. The van der Waals surface area contributed by atoms with Crippen LogP contribution in [0.25, 0.3) is 0 Å². The normalized spacial score (nSPS) is 17.4. The average molecular weight is 275 g/mol. The van der Waals surface area contributed by atoms with Gasteiger partial charge in [-0.05, 0) is 56.8 Å². The molecule has 0 spiro atoms. The molecule has 1 atom stereocenters. The number of ether oxygens (including phenoxy) is 1. The van der Waals surface area contributed by atoms with Gasteiger partial charge in [-0.1, -0.05) is 31.7 Å². The summed E-state index contributed by atoms with van der Waals surface area (Å²) in [6.45, 7) is 4.33. The molecule has 1 N–H and O–H groups in total. The monoisotopic (exact) mass is 275 g/mol. The fourth-order valence-corrected chi connectivity index (χ4v) is 3.69. The lowest BCUT2D eigenvalue weighted by molar-refractivity contribution is 0.385. The molecule has 2 rings (SSSR count). The van der Waals surface area contributed by atoms with E-state index in [4.69, 9.17) is 4.74 Å². The van der Waals surface area contributed by atoms with Gasteiger partial charge in [-0.15, -0.1) is 0 Å². The van der Waals surface area contributed by atoms with Gasteiger partial charge in [-0.3, -0.25) is 0 Å². The van der Waals surface area contributed by atoms with Gasteiger partial charge < -0.3 is 10.1 Å². The Morgan fingerprint density at radius 1 is 1.25 bits per heavy atom. The van der Waals surface area contributed by atoms with Crippen molar-refractivity contribution in [3.8, 4) is 5.75 Å².